The van der Waals surface area contributed by atoms with Gasteiger partial charge in [-0.05, 0) is 30.5 Å². The van der Waals surface area contributed by atoms with E-state index in [2.05, 4.69) is 20.1 Å². The molecule has 0 bridgehead atoms. The van der Waals surface area contributed by atoms with Crippen molar-refractivity contribution >= 4 is 5.91 Å². The van der Waals surface area contributed by atoms with Crippen LogP contribution in [0.1, 0.15) is 36.5 Å². The molecule has 2 aromatic rings. The number of nitrogens with one attached hydrogen (secondary N) is 1. The highest BCUT2D eigenvalue weighted by Gasteiger charge is 2.15. The van der Waals surface area contributed by atoms with Gasteiger partial charge >= 0.3 is 0 Å². The molecule has 1 aromatic carbocycles. The third-order valence-electron chi connectivity index (χ3n) is 3.88. The first-order valence-electron chi connectivity index (χ1n) is 7.64. The van der Waals surface area contributed by atoms with Crippen LogP contribution in [0.4, 0.5) is 4.39 Å². The predicted octanol–water partition coefficient (Wildman–Crippen LogP) is 2.00. The minimum Gasteiger partial charge on any atom is -0.349 e. The fourth-order valence-corrected chi connectivity index (χ4v) is 2.75. The molecule has 0 saturated heterocycles. The smallest absolute Gasteiger partial charge is 0.224 e. The van der Waals surface area contributed by atoms with E-state index in [0.717, 1.165) is 37.5 Å². The topological polar surface area (TPSA) is 59.8 Å². The van der Waals surface area contributed by atoms with Crippen molar-refractivity contribution in [3.8, 4) is 0 Å². The second kappa shape index (κ2) is 6.68. The highest BCUT2D eigenvalue weighted by atomic mass is 19.1. The van der Waals surface area contributed by atoms with Crippen LogP contribution in [0, 0.1) is 5.82 Å². The van der Waals surface area contributed by atoms with Crippen LogP contribution in [-0.4, -0.2) is 20.7 Å². The van der Waals surface area contributed by atoms with Gasteiger partial charge in [-0.25, -0.2) is 4.39 Å². The Hall–Kier alpha value is -2.24. The number of carbonyl (C=O) groups excluding carboxylic acids is 1. The van der Waals surface area contributed by atoms with Gasteiger partial charge in [0.05, 0.1) is 13.0 Å². The first-order valence-corrected chi connectivity index (χ1v) is 7.64. The molecule has 1 aliphatic heterocycles. The van der Waals surface area contributed by atoms with Gasteiger partial charge in [0.15, 0.2) is 5.82 Å². The summed E-state index contributed by atoms with van der Waals surface area (Å²) in [6.45, 7) is 1.28. The number of aryl methyl sites for hydroxylation is 1. The fourth-order valence-electron chi connectivity index (χ4n) is 2.75. The predicted molar refractivity (Wildman–Crippen MR) is 79.5 cm³/mol. The second-order valence-electron chi connectivity index (χ2n) is 5.58. The Bertz CT molecular complexity index is 668. The second-order valence-corrected chi connectivity index (χ2v) is 5.58. The SMILES string of the molecule is O=C(Cc1cccc(F)c1)NCc1nnc2n1CCCCC2. The Balaban J connectivity index is 1.58. The molecule has 0 saturated carbocycles. The van der Waals surface area contributed by atoms with Crippen LogP contribution in [0.5, 0.6) is 0 Å². The number of rotatable bonds is 4. The summed E-state index contributed by atoms with van der Waals surface area (Å²) in [5.74, 6) is 1.33. The van der Waals surface area contributed by atoms with Crippen LogP contribution in [0.3, 0.4) is 0 Å². The Kier molecular flexibility index (Phi) is 4.46. The van der Waals surface area contributed by atoms with Crippen LogP contribution in [0.25, 0.3) is 0 Å². The Morgan fingerprint density at radius 1 is 1.27 bits per heavy atom. The standard InChI is InChI=1S/C16H19FN4O/c17-13-6-4-5-12(9-13)10-16(22)18-11-15-20-19-14-7-2-1-3-8-21(14)15/h4-6,9H,1-3,7-8,10-11H2,(H,18,22). The fraction of sp³-hybridized carbons (Fsp3) is 0.438. The first kappa shape index (κ1) is 14.7. The van der Waals surface area contributed by atoms with Gasteiger partial charge in [-0.15, -0.1) is 10.2 Å². The third kappa shape index (κ3) is 3.50. The average molecular weight is 302 g/mol. The maximum absolute atomic E-state index is 13.1. The third-order valence-corrected chi connectivity index (χ3v) is 3.88. The molecule has 0 aliphatic carbocycles. The number of hydrogen-bond donors (Lipinski definition) is 1. The first-order chi connectivity index (χ1) is 10.7. The number of benzene rings is 1. The molecular formula is C16H19FN4O. The van der Waals surface area contributed by atoms with Crippen molar-refractivity contribution in [3.05, 3.63) is 47.3 Å². The van der Waals surface area contributed by atoms with Crippen molar-refractivity contribution in [2.24, 2.45) is 0 Å². The van der Waals surface area contributed by atoms with Crippen LogP contribution in [0.15, 0.2) is 24.3 Å². The summed E-state index contributed by atoms with van der Waals surface area (Å²) in [5.41, 5.74) is 0.664. The summed E-state index contributed by atoms with van der Waals surface area (Å²) in [7, 11) is 0. The van der Waals surface area contributed by atoms with E-state index < -0.39 is 0 Å². The van der Waals surface area contributed by atoms with Crippen molar-refractivity contribution in [2.75, 3.05) is 0 Å². The van der Waals surface area contributed by atoms with E-state index in [1.807, 2.05) is 0 Å². The maximum atomic E-state index is 13.1. The molecule has 1 N–H and O–H groups in total. The highest BCUT2D eigenvalue weighted by Crippen LogP contribution is 2.14. The Labute approximate surface area is 128 Å². The number of halogens is 1. The molecule has 1 amide bonds. The molecule has 1 aromatic heterocycles. The number of fused-ring (bicyclic) bond motifs is 1. The summed E-state index contributed by atoms with van der Waals surface area (Å²) in [5, 5.41) is 11.2. The lowest BCUT2D eigenvalue weighted by Gasteiger charge is -2.08. The van der Waals surface area contributed by atoms with E-state index in [0.29, 0.717) is 12.1 Å². The highest BCUT2D eigenvalue weighted by molar-refractivity contribution is 5.78. The molecule has 6 heteroatoms. The van der Waals surface area contributed by atoms with Gasteiger partial charge in [-0.1, -0.05) is 18.6 Å². The van der Waals surface area contributed by atoms with Gasteiger partial charge in [-0.3, -0.25) is 4.79 Å². The van der Waals surface area contributed by atoms with Gasteiger partial charge in [0.2, 0.25) is 5.91 Å². The van der Waals surface area contributed by atoms with E-state index in [1.54, 1.807) is 12.1 Å². The number of amides is 1. The number of nitrogens with zero attached hydrogens (tertiary/aromatic N) is 3. The molecule has 5 nitrogen and oxygen atoms in total. The van der Waals surface area contributed by atoms with Crippen molar-refractivity contribution in [1.82, 2.24) is 20.1 Å². The van der Waals surface area contributed by atoms with Crippen molar-refractivity contribution in [3.63, 3.8) is 0 Å². The van der Waals surface area contributed by atoms with Gasteiger partial charge in [0.25, 0.3) is 0 Å². The number of carbonyl (C=O) groups is 1. The monoisotopic (exact) mass is 302 g/mol. The maximum Gasteiger partial charge on any atom is 0.224 e. The molecule has 3 rings (SSSR count). The molecule has 22 heavy (non-hydrogen) atoms. The van der Waals surface area contributed by atoms with E-state index in [9.17, 15) is 9.18 Å². The van der Waals surface area contributed by atoms with Crippen LogP contribution in [-0.2, 0) is 30.7 Å². The average Bonchev–Trinajstić information content (AvgIpc) is 2.72. The minimum atomic E-state index is -0.326. The molecule has 0 radical (unpaired) electrons. The summed E-state index contributed by atoms with van der Waals surface area (Å²) in [4.78, 5) is 12.0. The van der Waals surface area contributed by atoms with E-state index in [-0.39, 0.29) is 18.1 Å². The van der Waals surface area contributed by atoms with Crippen LogP contribution >= 0.6 is 0 Å². The zero-order chi connectivity index (χ0) is 15.4. The molecule has 0 atom stereocenters. The van der Waals surface area contributed by atoms with Gasteiger partial charge < -0.3 is 9.88 Å². The Morgan fingerprint density at radius 2 is 2.18 bits per heavy atom. The molecule has 0 spiro atoms. The van der Waals surface area contributed by atoms with Crippen LogP contribution < -0.4 is 5.32 Å². The summed E-state index contributed by atoms with van der Waals surface area (Å²) in [6.07, 6.45) is 4.58. The van der Waals surface area contributed by atoms with E-state index in [1.165, 1.54) is 18.6 Å². The molecule has 1 aliphatic rings. The molecular weight excluding hydrogens is 283 g/mol. The minimum absolute atomic E-state index is 0.142. The quantitative estimate of drug-likeness (QED) is 0.940. The van der Waals surface area contributed by atoms with Crippen molar-refractivity contribution < 1.29 is 9.18 Å². The zero-order valence-electron chi connectivity index (χ0n) is 12.4. The zero-order valence-corrected chi connectivity index (χ0v) is 12.4. The summed E-state index contributed by atoms with van der Waals surface area (Å²) in [6, 6.07) is 6.09. The van der Waals surface area contributed by atoms with E-state index >= 15 is 0 Å². The molecule has 2 heterocycles. The normalized spacial score (nSPS) is 14.2. The van der Waals surface area contributed by atoms with E-state index in [4.69, 9.17) is 0 Å². The van der Waals surface area contributed by atoms with Gasteiger partial charge in [0, 0.05) is 13.0 Å². The largest absolute Gasteiger partial charge is 0.349 e. The van der Waals surface area contributed by atoms with Crippen LogP contribution in [0.2, 0.25) is 0 Å². The molecule has 0 unspecified atom stereocenters. The lowest BCUT2D eigenvalue weighted by Crippen LogP contribution is -2.26. The Morgan fingerprint density at radius 3 is 3.05 bits per heavy atom. The van der Waals surface area contributed by atoms with Crippen molar-refractivity contribution in [1.29, 1.82) is 0 Å². The van der Waals surface area contributed by atoms with Gasteiger partial charge in [-0.2, -0.15) is 0 Å². The lowest BCUT2D eigenvalue weighted by molar-refractivity contribution is -0.120. The number of aromatic nitrogens is 3. The number of hydrogen-bond acceptors (Lipinski definition) is 3. The summed E-state index contributed by atoms with van der Waals surface area (Å²) >= 11 is 0. The molecule has 0 fully saturated rings. The van der Waals surface area contributed by atoms with Gasteiger partial charge in [0.1, 0.15) is 11.6 Å². The lowest BCUT2D eigenvalue weighted by atomic mass is 10.1. The summed E-state index contributed by atoms with van der Waals surface area (Å²) < 4.78 is 15.2. The molecule has 116 valence electrons. The van der Waals surface area contributed by atoms with Crippen molar-refractivity contribution in [2.45, 2.75) is 45.2 Å².